The van der Waals surface area contributed by atoms with Crippen LogP contribution in [0.15, 0.2) is 21.7 Å². The number of aliphatic hydroxyl groups is 1. The van der Waals surface area contributed by atoms with Crippen molar-refractivity contribution < 1.29 is 19.9 Å². The van der Waals surface area contributed by atoms with Crippen LogP contribution in [0.5, 0.6) is 0 Å². The number of non-ortho nitro benzene ring substituents is 1. The summed E-state index contributed by atoms with van der Waals surface area (Å²) in [5, 5.41) is 30.1. The average Bonchev–Trinajstić information content (AvgIpc) is 2.89. The number of rotatable bonds is 4. The maximum absolute atomic E-state index is 11.6. The number of β-amino-alcohol motifs (C(OH)–C–C–N with tert-alkyl or cyclic N) is 1. The standard InChI is InChI=1S/C14H14N4O7.ClH/c19-8-3-10(14(22)23)17(5-8)4-6-1-7(18(24)25)2-9-11(6)16-13(21)12(20)15-9;/h1-2,8,10,19H,3-5H2,(H,15,20)(H,16,21)(H,22,23);1H. The Hall–Kier alpha value is -2.76. The van der Waals surface area contributed by atoms with Crippen molar-refractivity contribution in [1.82, 2.24) is 14.9 Å². The zero-order chi connectivity index (χ0) is 18.3. The minimum absolute atomic E-state index is 0. The number of halogens is 1. The predicted molar refractivity (Wildman–Crippen MR) is 91.5 cm³/mol. The second-order valence-electron chi connectivity index (χ2n) is 5.87. The Morgan fingerprint density at radius 3 is 2.58 bits per heavy atom. The Kier molecular flexibility index (Phi) is 5.44. The molecule has 0 amide bonds. The third kappa shape index (κ3) is 3.59. The molecule has 2 aromatic rings. The number of benzene rings is 1. The highest BCUT2D eigenvalue weighted by molar-refractivity contribution is 5.85. The minimum atomic E-state index is -1.12. The van der Waals surface area contributed by atoms with Gasteiger partial charge in [-0.05, 0) is 5.56 Å². The molecule has 0 bridgehead atoms. The first-order chi connectivity index (χ1) is 11.8. The summed E-state index contributed by atoms with van der Waals surface area (Å²) in [6.07, 6.45) is -0.792. The van der Waals surface area contributed by atoms with Crippen LogP contribution in [0.3, 0.4) is 0 Å². The Labute approximate surface area is 150 Å². The molecule has 140 valence electrons. The van der Waals surface area contributed by atoms with Gasteiger partial charge in [-0.1, -0.05) is 0 Å². The van der Waals surface area contributed by atoms with Crippen LogP contribution in [0.25, 0.3) is 11.0 Å². The molecule has 0 aliphatic carbocycles. The number of aliphatic hydroxyl groups excluding tert-OH is 1. The average molecular weight is 387 g/mol. The number of hydrogen-bond acceptors (Lipinski definition) is 7. The van der Waals surface area contributed by atoms with Crippen LogP contribution >= 0.6 is 12.4 Å². The van der Waals surface area contributed by atoms with Gasteiger partial charge < -0.3 is 20.2 Å². The van der Waals surface area contributed by atoms with E-state index >= 15 is 0 Å². The fourth-order valence-corrected chi connectivity index (χ4v) is 3.04. The van der Waals surface area contributed by atoms with Gasteiger partial charge in [0, 0.05) is 31.6 Å². The largest absolute Gasteiger partial charge is 0.480 e. The van der Waals surface area contributed by atoms with E-state index in [1.165, 1.54) is 11.0 Å². The SMILES string of the molecule is Cl.O=C(O)C1CC(O)CN1Cc1cc([N+](=O)[O-])cc2[nH]c(=O)c(=O)[nH]c12. The Morgan fingerprint density at radius 2 is 1.96 bits per heavy atom. The van der Waals surface area contributed by atoms with Crippen LogP contribution in [0.1, 0.15) is 12.0 Å². The van der Waals surface area contributed by atoms with E-state index in [4.69, 9.17) is 0 Å². The third-order valence-corrected chi connectivity index (χ3v) is 4.15. The Bertz CT molecular complexity index is 985. The molecule has 1 aromatic carbocycles. The van der Waals surface area contributed by atoms with Gasteiger partial charge in [-0.25, -0.2) is 0 Å². The van der Waals surface area contributed by atoms with Crippen LogP contribution in [-0.4, -0.2) is 54.7 Å². The number of nitro benzene ring substituents is 1. The molecule has 11 nitrogen and oxygen atoms in total. The monoisotopic (exact) mass is 386 g/mol. The molecular formula is C14H15ClN4O7. The van der Waals surface area contributed by atoms with Gasteiger partial charge in [0.2, 0.25) is 0 Å². The molecule has 2 unspecified atom stereocenters. The molecule has 1 saturated heterocycles. The molecule has 1 aliphatic rings. The van der Waals surface area contributed by atoms with Crippen molar-refractivity contribution >= 4 is 35.1 Å². The van der Waals surface area contributed by atoms with Gasteiger partial charge in [0.15, 0.2) is 0 Å². The molecule has 0 spiro atoms. The maximum atomic E-state index is 11.6. The summed E-state index contributed by atoms with van der Waals surface area (Å²) in [6, 6.07) is 1.38. The van der Waals surface area contributed by atoms with Gasteiger partial charge in [-0.15, -0.1) is 12.4 Å². The molecule has 4 N–H and O–H groups in total. The van der Waals surface area contributed by atoms with Crippen molar-refractivity contribution in [2.45, 2.75) is 25.1 Å². The number of nitro groups is 1. The summed E-state index contributed by atoms with van der Waals surface area (Å²) in [5.41, 5.74) is -1.64. The summed E-state index contributed by atoms with van der Waals surface area (Å²) >= 11 is 0. The summed E-state index contributed by atoms with van der Waals surface area (Å²) in [5.74, 6) is -1.12. The fraction of sp³-hybridized carbons (Fsp3) is 0.357. The highest BCUT2D eigenvalue weighted by atomic mass is 35.5. The van der Waals surface area contributed by atoms with Crippen LogP contribution in [0.4, 0.5) is 5.69 Å². The summed E-state index contributed by atoms with van der Waals surface area (Å²) in [6.45, 7) is 0.0307. The van der Waals surface area contributed by atoms with Gasteiger partial charge >= 0.3 is 17.1 Å². The molecule has 1 aliphatic heterocycles. The highest BCUT2D eigenvalue weighted by Crippen LogP contribution is 2.26. The van der Waals surface area contributed by atoms with Crippen molar-refractivity contribution in [2.75, 3.05) is 6.54 Å². The normalized spacial score (nSPS) is 20.0. The van der Waals surface area contributed by atoms with Gasteiger partial charge in [-0.3, -0.25) is 29.4 Å². The summed E-state index contributed by atoms with van der Waals surface area (Å²) in [4.78, 5) is 50.9. The van der Waals surface area contributed by atoms with Crippen molar-refractivity contribution in [1.29, 1.82) is 0 Å². The molecule has 0 saturated carbocycles. The first kappa shape index (κ1) is 19.6. The van der Waals surface area contributed by atoms with Crippen molar-refractivity contribution in [3.63, 3.8) is 0 Å². The molecule has 1 fully saturated rings. The van der Waals surface area contributed by atoms with E-state index in [0.717, 1.165) is 6.07 Å². The zero-order valence-electron chi connectivity index (χ0n) is 13.2. The number of carboxylic acids is 1. The van der Waals surface area contributed by atoms with Crippen molar-refractivity contribution in [3.05, 3.63) is 48.5 Å². The van der Waals surface area contributed by atoms with Crippen molar-refractivity contribution in [2.24, 2.45) is 0 Å². The molecule has 26 heavy (non-hydrogen) atoms. The molecule has 2 heterocycles. The topological polar surface area (TPSA) is 170 Å². The number of likely N-dealkylation sites (tertiary alicyclic amines) is 1. The maximum Gasteiger partial charge on any atom is 0.321 e. The smallest absolute Gasteiger partial charge is 0.321 e. The molecular weight excluding hydrogens is 372 g/mol. The highest BCUT2D eigenvalue weighted by Gasteiger charge is 2.36. The van der Waals surface area contributed by atoms with Gasteiger partial charge in [-0.2, -0.15) is 0 Å². The lowest BCUT2D eigenvalue weighted by Crippen LogP contribution is -2.36. The molecule has 1 aromatic heterocycles. The second-order valence-corrected chi connectivity index (χ2v) is 5.87. The number of carbonyl (C=O) groups is 1. The number of aliphatic carboxylic acids is 1. The summed E-state index contributed by atoms with van der Waals surface area (Å²) in [7, 11) is 0. The number of aromatic amines is 2. The van der Waals surface area contributed by atoms with E-state index in [1.807, 2.05) is 0 Å². The zero-order valence-corrected chi connectivity index (χ0v) is 14.0. The Balaban J connectivity index is 0.00000243. The predicted octanol–water partition coefficient (Wildman–Crippen LogP) is -0.434. The molecule has 3 rings (SSSR count). The lowest BCUT2D eigenvalue weighted by molar-refractivity contribution is -0.384. The number of carboxylic acid groups (broad SMARTS) is 1. The summed E-state index contributed by atoms with van der Waals surface area (Å²) < 4.78 is 0. The fourth-order valence-electron chi connectivity index (χ4n) is 3.04. The van der Waals surface area contributed by atoms with Crippen LogP contribution in [-0.2, 0) is 11.3 Å². The van der Waals surface area contributed by atoms with Crippen LogP contribution < -0.4 is 11.1 Å². The van der Waals surface area contributed by atoms with E-state index in [0.29, 0.717) is 0 Å². The lowest BCUT2D eigenvalue weighted by atomic mass is 10.1. The molecule has 12 heteroatoms. The van der Waals surface area contributed by atoms with E-state index < -0.39 is 34.2 Å². The van der Waals surface area contributed by atoms with E-state index in [-0.39, 0.29) is 54.2 Å². The molecule has 0 radical (unpaired) electrons. The van der Waals surface area contributed by atoms with Crippen LogP contribution in [0, 0.1) is 10.1 Å². The molecule has 2 atom stereocenters. The first-order valence-electron chi connectivity index (χ1n) is 7.35. The van der Waals surface area contributed by atoms with Crippen molar-refractivity contribution in [3.8, 4) is 0 Å². The number of nitrogens with one attached hydrogen (secondary N) is 2. The van der Waals surface area contributed by atoms with Gasteiger partial charge in [0.05, 0.1) is 22.1 Å². The Morgan fingerprint density at radius 1 is 1.31 bits per heavy atom. The van der Waals surface area contributed by atoms with E-state index in [2.05, 4.69) is 9.97 Å². The number of hydrogen-bond donors (Lipinski definition) is 4. The lowest BCUT2D eigenvalue weighted by Gasteiger charge is -2.21. The van der Waals surface area contributed by atoms with Crippen LogP contribution in [0.2, 0.25) is 0 Å². The minimum Gasteiger partial charge on any atom is -0.480 e. The quantitative estimate of drug-likeness (QED) is 0.311. The number of nitrogens with zero attached hydrogens (tertiary/aromatic N) is 2. The van der Waals surface area contributed by atoms with Gasteiger partial charge in [0.25, 0.3) is 5.69 Å². The number of aromatic nitrogens is 2. The van der Waals surface area contributed by atoms with Gasteiger partial charge in [0.1, 0.15) is 6.04 Å². The number of fused-ring (bicyclic) bond motifs is 1. The second kappa shape index (κ2) is 7.23. The van der Waals surface area contributed by atoms with E-state index in [9.17, 15) is 34.7 Å². The van der Waals surface area contributed by atoms with E-state index in [1.54, 1.807) is 0 Å². The number of H-pyrrole nitrogens is 2. The first-order valence-corrected chi connectivity index (χ1v) is 7.35. The third-order valence-electron chi connectivity index (χ3n) is 4.15.